The highest BCUT2D eigenvalue weighted by atomic mass is 16.5. The van der Waals surface area contributed by atoms with Crippen molar-refractivity contribution in [1.29, 1.82) is 0 Å². The van der Waals surface area contributed by atoms with Crippen LogP contribution in [0.2, 0.25) is 0 Å². The van der Waals surface area contributed by atoms with E-state index < -0.39 is 12.1 Å². The van der Waals surface area contributed by atoms with Gasteiger partial charge in [-0.15, -0.1) is 0 Å². The zero-order valence-electron chi connectivity index (χ0n) is 37.6. The largest absolute Gasteiger partial charge is 0.466 e. The molecule has 0 saturated carbocycles. The van der Waals surface area contributed by atoms with Crippen LogP contribution in [0.15, 0.2) is 48.6 Å². The van der Waals surface area contributed by atoms with Gasteiger partial charge in [-0.25, -0.2) is 0 Å². The number of unbranched alkanes of at least 4 members (excludes halogenated alkanes) is 28. The maximum absolute atomic E-state index is 12.4. The van der Waals surface area contributed by atoms with E-state index in [0.29, 0.717) is 19.4 Å². The SMILES string of the molecule is CCCCCCCC/C=C\CCCCCCCC(=O)OCCCCC/C=C\C=C/CCCCCCCCC(=O)NC(CO)C(O)/C=C/CCCCCCCCCC. The van der Waals surface area contributed by atoms with Crippen molar-refractivity contribution in [2.75, 3.05) is 13.2 Å². The van der Waals surface area contributed by atoms with Crippen LogP contribution in [0.3, 0.4) is 0 Å². The van der Waals surface area contributed by atoms with Gasteiger partial charge in [0.05, 0.1) is 25.4 Å². The van der Waals surface area contributed by atoms with Crippen LogP contribution in [-0.4, -0.2) is 47.4 Å². The van der Waals surface area contributed by atoms with E-state index >= 15 is 0 Å². The lowest BCUT2D eigenvalue weighted by Gasteiger charge is -2.20. The first kappa shape index (κ1) is 54.8. The monoisotopic (exact) mass is 800 g/mol. The summed E-state index contributed by atoms with van der Waals surface area (Å²) in [4.78, 5) is 24.4. The van der Waals surface area contributed by atoms with E-state index in [9.17, 15) is 19.8 Å². The molecule has 0 bridgehead atoms. The third-order valence-electron chi connectivity index (χ3n) is 10.8. The Kier molecular flexibility index (Phi) is 44.7. The highest BCUT2D eigenvalue weighted by Crippen LogP contribution is 2.13. The quantitative estimate of drug-likeness (QED) is 0.0247. The average molecular weight is 800 g/mol. The second kappa shape index (κ2) is 46.5. The molecule has 0 fully saturated rings. The highest BCUT2D eigenvalue weighted by Gasteiger charge is 2.18. The zero-order valence-corrected chi connectivity index (χ0v) is 37.6. The van der Waals surface area contributed by atoms with Crippen LogP contribution in [0.4, 0.5) is 0 Å². The van der Waals surface area contributed by atoms with Gasteiger partial charge in [0.2, 0.25) is 5.91 Å². The summed E-state index contributed by atoms with van der Waals surface area (Å²) >= 11 is 0. The second-order valence-corrected chi connectivity index (χ2v) is 16.5. The fraction of sp³-hybridized carbons (Fsp3) is 0.804. The van der Waals surface area contributed by atoms with Crippen molar-refractivity contribution in [3.05, 3.63) is 48.6 Å². The molecule has 0 spiro atoms. The lowest BCUT2D eigenvalue weighted by molar-refractivity contribution is -0.143. The van der Waals surface area contributed by atoms with Gasteiger partial charge in [0, 0.05) is 12.8 Å². The molecular weight excluding hydrogens is 707 g/mol. The van der Waals surface area contributed by atoms with Gasteiger partial charge in [0.1, 0.15) is 0 Å². The Labute approximate surface area is 353 Å². The number of rotatable bonds is 44. The fourth-order valence-corrected chi connectivity index (χ4v) is 7.03. The maximum Gasteiger partial charge on any atom is 0.305 e. The van der Waals surface area contributed by atoms with E-state index in [4.69, 9.17) is 4.74 Å². The third kappa shape index (κ3) is 43.2. The van der Waals surface area contributed by atoms with Gasteiger partial charge in [-0.3, -0.25) is 9.59 Å². The number of aliphatic hydroxyl groups excluding tert-OH is 2. The number of hydrogen-bond acceptors (Lipinski definition) is 5. The Morgan fingerprint density at radius 1 is 0.491 bits per heavy atom. The molecule has 0 heterocycles. The van der Waals surface area contributed by atoms with Crippen molar-refractivity contribution >= 4 is 11.9 Å². The number of allylic oxidation sites excluding steroid dienone is 7. The number of esters is 1. The summed E-state index contributed by atoms with van der Waals surface area (Å²) in [7, 11) is 0. The van der Waals surface area contributed by atoms with Crippen molar-refractivity contribution in [1.82, 2.24) is 5.32 Å². The van der Waals surface area contributed by atoms with Crippen molar-refractivity contribution in [3.63, 3.8) is 0 Å². The predicted octanol–water partition coefficient (Wildman–Crippen LogP) is 14.3. The Bertz CT molecular complexity index is 973. The molecular formula is C51H93NO5. The topological polar surface area (TPSA) is 95.9 Å². The Morgan fingerprint density at radius 2 is 0.877 bits per heavy atom. The van der Waals surface area contributed by atoms with Gasteiger partial charge in [-0.2, -0.15) is 0 Å². The zero-order chi connectivity index (χ0) is 41.5. The second-order valence-electron chi connectivity index (χ2n) is 16.5. The van der Waals surface area contributed by atoms with Crippen LogP contribution in [0, 0.1) is 0 Å². The summed E-state index contributed by atoms with van der Waals surface area (Å²) in [5.41, 5.74) is 0. The normalized spacial score (nSPS) is 13.1. The summed E-state index contributed by atoms with van der Waals surface area (Å²) in [6, 6.07) is -0.643. The number of amides is 1. The van der Waals surface area contributed by atoms with E-state index in [2.05, 4.69) is 55.6 Å². The first-order valence-corrected chi connectivity index (χ1v) is 24.4. The van der Waals surface area contributed by atoms with Crippen molar-refractivity contribution in [2.45, 2.75) is 251 Å². The predicted molar refractivity (Wildman–Crippen MR) is 245 cm³/mol. The molecule has 0 saturated heterocycles. The summed E-state index contributed by atoms with van der Waals surface area (Å²) in [5.74, 6) is -0.127. The summed E-state index contributed by atoms with van der Waals surface area (Å²) < 4.78 is 5.43. The molecule has 2 unspecified atom stereocenters. The molecule has 6 nitrogen and oxygen atoms in total. The summed E-state index contributed by atoms with van der Waals surface area (Å²) in [5, 5.41) is 22.9. The van der Waals surface area contributed by atoms with Gasteiger partial charge in [0.15, 0.2) is 0 Å². The fourth-order valence-electron chi connectivity index (χ4n) is 7.03. The number of hydrogen-bond donors (Lipinski definition) is 3. The Balaban J connectivity index is 3.55. The molecule has 0 radical (unpaired) electrons. The van der Waals surface area contributed by atoms with Crippen LogP contribution in [0.25, 0.3) is 0 Å². The van der Waals surface area contributed by atoms with Crippen LogP contribution >= 0.6 is 0 Å². The smallest absolute Gasteiger partial charge is 0.305 e. The number of carbonyl (C=O) groups excluding carboxylic acids is 2. The van der Waals surface area contributed by atoms with E-state index in [-0.39, 0.29) is 18.5 Å². The lowest BCUT2D eigenvalue weighted by Crippen LogP contribution is -2.45. The average Bonchev–Trinajstić information content (AvgIpc) is 3.21. The molecule has 0 rings (SSSR count). The molecule has 332 valence electrons. The Hall–Kier alpha value is -2.18. The molecule has 0 aliphatic carbocycles. The number of carbonyl (C=O) groups is 2. The van der Waals surface area contributed by atoms with Gasteiger partial charge >= 0.3 is 5.97 Å². The summed E-state index contributed by atoms with van der Waals surface area (Å²) in [6.07, 6.45) is 56.8. The van der Waals surface area contributed by atoms with E-state index in [1.807, 2.05) is 6.08 Å². The molecule has 3 N–H and O–H groups in total. The minimum Gasteiger partial charge on any atom is -0.466 e. The van der Waals surface area contributed by atoms with Crippen molar-refractivity contribution in [2.24, 2.45) is 0 Å². The lowest BCUT2D eigenvalue weighted by atomic mass is 10.1. The molecule has 0 aliphatic rings. The van der Waals surface area contributed by atoms with Gasteiger partial charge < -0.3 is 20.3 Å². The van der Waals surface area contributed by atoms with E-state index in [0.717, 1.165) is 77.0 Å². The van der Waals surface area contributed by atoms with Gasteiger partial charge in [0.25, 0.3) is 0 Å². The van der Waals surface area contributed by atoms with E-state index in [1.54, 1.807) is 6.08 Å². The summed E-state index contributed by atoms with van der Waals surface area (Å²) in [6.45, 7) is 4.80. The number of ether oxygens (including phenoxy) is 1. The van der Waals surface area contributed by atoms with Gasteiger partial charge in [-0.1, -0.05) is 184 Å². The third-order valence-corrected chi connectivity index (χ3v) is 10.8. The standard InChI is InChI=1S/C51H93NO5/c1-3-5-7-9-11-13-15-16-18-22-25-29-33-37-41-45-51(56)57-46-42-38-34-30-26-23-20-17-19-21-24-28-32-36-40-44-50(55)52-48(47-53)49(54)43-39-35-31-27-14-12-10-8-6-4-2/h16-18,20,23,26,39,43,48-49,53-54H,3-15,19,21-22,24-25,27-38,40-42,44-47H2,1-2H3,(H,52,55)/b18-16-,20-17-,26-23-,43-39+. The number of aliphatic hydroxyl groups is 2. The Morgan fingerprint density at radius 3 is 1.35 bits per heavy atom. The minimum atomic E-state index is -0.857. The molecule has 0 aliphatic heterocycles. The maximum atomic E-state index is 12.4. The first-order valence-electron chi connectivity index (χ1n) is 24.4. The molecule has 2 atom stereocenters. The molecule has 0 aromatic rings. The van der Waals surface area contributed by atoms with Crippen LogP contribution in [-0.2, 0) is 14.3 Å². The van der Waals surface area contributed by atoms with Crippen molar-refractivity contribution in [3.8, 4) is 0 Å². The minimum absolute atomic E-state index is 0.0321. The molecule has 6 heteroatoms. The molecule has 0 aromatic carbocycles. The highest BCUT2D eigenvalue weighted by molar-refractivity contribution is 5.76. The van der Waals surface area contributed by atoms with Crippen molar-refractivity contribution < 1.29 is 24.5 Å². The van der Waals surface area contributed by atoms with Crippen LogP contribution < -0.4 is 5.32 Å². The van der Waals surface area contributed by atoms with Crippen LogP contribution in [0.1, 0.15) is 239 Å². The van der Waals surface area contributed by atoms with E-state index in [1.165, 1.54) is 135 Å². The molecule has 0 aromatic heterocycles. The first-order chi connectivity index (χ1) is 28.0. The molecule has 57 heavy (non-hydrogen) atoms. The van der Waals surface area contributed by atoms with Crippen LogP contribution in [0.5, 0.6) is 0 Å². The van der Waals surface area contributed by atoms with Gasteiger partial charge in [-0.05, 0) is 89.9 Å². The molecule has 1 amide bonds. The number of nitrogens with one attached hydrogen (secondary N) is 1.